The van der Waals surface area contributed by atoms with Gasteiger partial charge in [-0.15, -0.1) is 0 Å². The minimum atomic E-state index is 0.0306. The molecule has 1 atom stereocenters. The smallest absolute Gasteiger partial charge is 0.238 e. The topological polar surface area (TPSA) is 41.6 Å². The van der Waals surface area contributed by atoms with Crippen molar-refractivity contribution < 1.29 is 9.53 Å². The first-order chi connectivity index (χ1) is 9.58. The molecule has 0 radical (unpaired) electrons. The Morgan fingerprint density at radius 3 is 3.00 bits per heavy atom. The summed E-state index contributed by atoms with van der Waals surface area (Å²) in [6.45, 7) is 6.73. The summed E-state index contributed by atoms with van der Waals surface area (Å²) in [6, 6.07) is 5.80. The van der Waals surface area contributed by atoms with E-state index in [0.29, 0.717) is 18.2 Å². The number of ether oxygens (including phenoxy) is 1. The summed E-state index contributed by atoms with van der Waals surface area (Å²) in [6.07, 6.45) is 2.45. The molecule has 1 N–H and O–H groups in total. The van der Waals surface area contributed by atoms with E-state index in [9.17, 15) is 4.79 Å². The molecule has 1 fully saturated rings. The van der Waals surface area contributed by atoms with Crippen LogP contribution < -0.4 is 10.1 Å². The lowest BCUT2D eigenvalue weighted by Gasteiger charge is -2.30. The zero-order valence-corrected chi connectivity index (χ0v) is 12.6. The van der Waals surface area contributed by atoms with Gasteiger partial charge in [-0.25, -0.2) is 0 Å². The number of benzene rings is 1. The zero-order chi connectivity index (χ0) is 14.5. The number of carbonyl (C=O) groups excluding carboxylic acids is 1. The van der Waals surface area contributed by atoms with Gasteiger partial charge in [0.05, 0.1) is 19.3 Å². The highest BCUT2D eigenvalue weighted by molar-refractivity contribution is 5.93. The van der Waals surface area contributed by atoms with Crippen molar-refractivity contribution in [2.75, 3.05) is 32.1 Å². The fraction of sp³-hybridized carbons (Fsp3) is 0.562. The quantitative estimate of drug-likeness (QED) is 0.919. The molecule has 1 aromatic rings. The zero-order valence-electron chi connectivity index (χ0n) is 12.6. The van der Waals surface area contributed by atoms with E-state index < -0.39 is 0 Å². The summed E-state index contributed by atoms with van der Waals surface area (Å²) in [7, 11) is 1.62. The average Bonchev–Trinajstić information content (AvgIpc) is 2.38. The van der Waals surface area contributed by atoms with Crippen molar-refractivity contribution >= 4 is 11.6 Å². The third kappa shape index (κ3) is 3.97. The molecular formula is C16H24N2O2. The molecule has 1 aromatic carbocycles. The number of hydrogen-bond acceptors (Lipinski definition) is 3. The molecule has 1 aliphatic heterocycles. The highest BCUT2D eigenvalue weighted by Gasteiger charge is 2.19. The van der Waals surface area contributed by atoms with E-state index in [-0.39, 0.29) is 5.91 Å². The van der Waals surface area contributed by atoms with Gasteiger partial charge in [-0.05, 0) is 49.9 Å². The predicted molar refractivity (Wildman–Crippen MR) is 81.2 cm³/mol. The van der Waals surface area contributed by atoms with Crippen LogP contribution in [-0.2, 0) is 4.79 Å². The van der Waals surface area contributed by atoms with Gasteiger partial charge in [0.25, 0.3) is 0 Å². The largest absolute Gasteiger partial charge is 0.495 e. The molecule has 0 saturated carbocycles. The monoisotopic (exact) mass is 276 g/mol. The molecule has 2 rings (SSSR count). The molecule has 0 aliphatic carbocycles. The summed E-state index contributed by atoms with van der Waals surface area (Å²) in [5, 5.41) is 2.96. The third-order valence-corrected chi connectivity index (χ3v) is 3.74. The first-order valence-corrected chi connectivity index (χ1v) is 7.25. The Bertz CT molecular complexity index is 474. The molecule has 4 heteroatoms. The lowest BCUT2D eigenvalue weighted by Crippen LogP contribution is -2.39. The molecule has 1 unspecified atom stereocenters. The van der Waals surface area contributed by atoms with E-state index in [1.54, 1.807) is 7.11 Å². The van der Waals surface area contributed by atoms with Crippen LogP contribution in [-0.4, -0.2) is 37.6 Å². The van der Waals surface area contributed by atoms with Crippen molar-refractivity contribution in [2.24, 2.45) is 5.92 Å². The molecule has 20 heavy (non-hydrogen) atoms. The maximum absolute atomic E-state index is 12.2. The summed E-state index contributed by atoms with van der Waals surface area (Å²) < 4.78 is 5.28. The van der Waals surface area contributed by atoms with Crippen LogP contribution in [0.15, 0.2) is 18.2 Å². The van der Waals surface area contributed by atoms with E-state index in [0.717, 1.165) is 24.3 Å². The fourth-order valence-corrected chi connectivity index (χ4v) is 2.74. The van der Waals surface area contributed by atoms with E-state index in [1.807, 2.05) is 25.1 Å². The maximum atomic E-state index is 12.2. The maximum Gasteiger partial charge on any atom is 0.238 e. The molecule has 1 heterocycles. The van der Waals surface area contributed by atoms with Gasteiger partial charge in [0.15, 0.2) is 0 Å². The lowest BCUT2D eigenvalue weighted by molar-refractivity contribution is -0.117. The summed E-state index contributed by atoms with van der Waals surface area (Å²) in [4.78, 5) is 14.4. The number of rotatable bonds is 4. The second-order valence-corrected chi connectivity index (χ2v) is 5.73. The first-order valence-electron chi connectivity index (χ1n) is 7.25. The van der Waals surface area contributed by atoms with Gasteiger partial charge in [0.2, 0.25) is 5.91 Å². The molecule has 1 aliphatic rings. The highest BCUT2D eigenvalue weighted by atomic mass is 16.5. The van der Waals surface area contributed by atoms with Crippen LogP contribution in [0.4, 0.5) is 5.69 Å². The Kier molecular flexibility index (Phi) is 5.01. The van der Waals surface area contributed by atoms with Crippen LogP contribution >= 0.6 is 0 Å². The Morgan fingerprint density at radius 2 is 2.30 bits per heavy atom. The molecule has 0 aromatic heterocycles. The van der Waals surface area contributed by atoms with E-state index in [1.165, 1.54) is 12.8 Å². The molecular weight excluding hydrogens is 252 g/mol. The van der Waals surface area contributed by atoms with Gasteiger partial charge in [0.1, 0.15) is 5.75 Å². The van der Waals surface area contributed by atoms with Crippen LogP contribution in [0.1, 0.15) is 25.3 Å². The van der Waals surface area contributed by atoms with E-state index >= 15 is 0 Å². The Labute approximate surface area is 121 Å². The second kappa shape index (κ2) is 6.75. The van der Waals surface area contributed by atoms with Crippen molar-refractivity contribution in [1.29, 1.82) is 0 Å². The highest BCUT2D eigenvalue weighted by Crippen LogP contribution is 2.25. The summed E-state index contributed by atoms with van der Waals surface area (Å²) in [5.41, 5.74) is 1.86. The van der Waals surface area contributed by atoms with Gasteiger partial charge in [-0.3, -0.25) is 9.69 Å². The Balaban J connectivity index is 1.95. The number of carbonyl (C=O) groups is 1. The number of anilines is 1. The predicted octanol–water partition coefficient (Wildman–Crippen LogP) is 2.67. The van der Waals surface area contributed by atoms with Gasteiger partial charge in [-0.1, -0.05) is 13.0 Å². The van der Waals surface area contributed by atoms with Crippen molar-refractivity contribution in [1.82, 2.24) is 4.90 Å². The number of amides is 1. The molecule has 0 bridgehead atoms. The van der Waals surface area contributed by atoms with Crippen molar-refractivity contribution in [3.63, 3.8) is 0 Å². The van der Waals surface area contributed by atoms with Gasteiger partial charge in [0, 0.05) is 6.54 Å². The number of methoxy groups -OCH3 is 1. The molecule has 0 spiro atoms. The Morgan fingerprint density at radius 1 is 1.50 bits per heavy atom. The van der Waals surface area contributed by atoms with Crippen LogP contribution in [0.3, 0.4) is 0 Å². The summed E-state index contributed by atoms with van der Waals surface area (Å²) in [5.74, 6) is 1.42. The second-order valence-electron chi connectivity index (χ2n) is 5.73. The average molecular weight is 276 g/mol. The molecule has 110 valence electrons. The van der Waals surface area contributed by atoms with Crippen molar-refractivity contribution in [3.05, 3.63) is 23.8 Å². The standard InChI is InChI=1S/C16H24N2O2/c1-12-6-7-15(20-3)14(9-12)17-16(19)11-18-8-4-5-13(2)10-18/h6-7,9,13H,4-5,8,10-11H2,1-3H3,(H,17,19). The minimum absolute atomic E-state index is 0.0306. The number of hydrogen-bond donors (Lipinski definition) is 1. The lowest BCUT2D eigenvalue weighted by atomic mass is 10.0. The van der Waals surface area contributed by atoms with Crippen molar-refractivity contribution in [3.8, 4) is 5.75 Å². The van der Waals surface area contributed by atoms with Crippen LogP contribution in [0.2, 0.25) is 0 Å². The molecule has 4 nitrogen and oxygen atoms in total. The third-order valence-electron chi connectivity index (χ3n) is 3.74. The minimum Gasteiger partial charge on any atom is -0.495 e. The van der Waals surface area contributed by atoms with Gasteiger partial charge in [-0.2, -0.15) is 0 Å². The van der Waals surface area contributed by atoms with Crippen LogP contribution in [0, 0.1) is 12.8 Å². The number of nitrogens with zero attached hydrogens (tertiary/aromatic N) is 1. The number of aryl methyl sites for hydroxylation is 1. The number of piperidine rings is 1. The normalized spacial score (nSPS) is 19.6. The van der Waals surface area contributed by atoms with Gasteiger partial charge < -0.3 is 10.1 Å². The van der Waals surface area contributed by atoms with E-state index in [4.69, 9.17) is 4.74 Å². The molecule has 1 saturated heterocycles. The van der Waals surface area contributed by atoms with Crippen LogP contribution in [0.5, 0.6) is 5.75 Å². The number of nitrogens with one attached hydrogen (secondary N) is 1. The van der Waals surface area contributed by atoms with Gasteiger partial charge >= 0.3 is 0 Å². The first kappa shape index (κ1) is 14.9. The van der Waals surface area contributed by atoms with Crippen LogP contribution in [0.25, 0.3) is 0 Å². The number of likely N-dealkylation sites (tertiary alicyclic amines) is 1. The van der Waals surface area contributed by atoms with Crippen molar-refractivity contribution in [2.45, 2.75) is 26.7 Å². The van der Waals surface area contributed by atoms with E-state index in [2.05, 4.69) is 17.1 Å². The summed E-state index contributed by atoms with van der Waals surface area (Å²) >= 11 is 0. The Hall–Kier alpha value is -1.55. The SMILES string of the molecule is COc1ccc(C)cc1NC(=O)CN1CCCC(C)C1. The molecule has 1 amide bonds. The fourth-order valence-electron chi connectivity index (χ4n) is 2.74.